The van der Waals surface area contributed by atoms with Gasteiger partial charge in [0.2, 0.25) is 0 Å². The van der Waals surface area contributed by atoms with E-state index in [1.54, 1.807) is 42.5 Å². The normalized spacial score (nSPS) is 15.4. The molecule has 0 spiro atoms. The number of halogens is 1. The van der Waals surface area contributed by atoms with Crippen molar-refractivity contribution in [3.05, 3.63) is 60.4 Å². The fourth-order valence-electron chi connectivity index (χ4n) is 3.05. The van der Waals surface area contributed by atoms with E-state index in [9.17, 15) is 8.42 Å². The molecule has 1 aliphatic carbocycles. The first kappa shape index (κ1) is 20.3. The van der Waals surface area contributed by atoms with E-state index < -0.39 is 15.6 Å². The van der Waals surface area contributed by atoms with Crippen LogP contribution in [0.3, 0.4) is 0 Å². The number of aromatic nitrogens is 2. The van der Waals surface area contributed by atoms with Gasteiger partial charge in [-0.05, 0) is 49.6 Å². The van der Waals surface area contributed by atoms with Crippen molar-refractivity contribution in [3.8, 4) is 11.5 Å². The zero-order chi connectivity index (χ0) is 19.1. The van der Waals surface area contributed by atoms with Crippen LogP contribution >= 0.6 is 12.4 Å². The molecule has 9 heteroatoms. The first-order valence-electron chi connectivity index (χ1n) is 8.68. The highest BCUT2D eigenvalue weighted by molar-refractivity contribution is 7.92. The number of hydrogen-bond donors (Lipinski definition) is 1. The lowest BCUT2D eigenvalue weighted by Gasteiger charge is -2.34. The number of rotatable bonds is 5. The van der Waals surface area contributed by atoms with Gasteiger partial charge in [0.25, 0.3) is 15.9 Å². The standard InChI is InChI=1S/C19H20N4O3S.ClH/c1-23(15-8-3-2-4-9-15)27(24,25)16-10-5-7-14(13-16)17-21-18(22-26-17)19(20)11-6-12-19;/h2-5,7-10,13H,6,11-12,20H2,1H3;1H. The molecule has 148 valence electrons. The Morgan fingerprint density at radius 1 is 1.11 bits per heavy atom. The fraction of sp³-hybridized carbons (Fsp3) is 0.263. The summed E-state index contributed by atoms with van der Waals surface area (Å²) in [5.41, 5.74) is 6.82. The minimum absolute atomic E-state index is 0. The van der Waals surface area contributed by atoms with E-state index in [-0.39, 0.29) is 23.2 Å². The lowest BCUT2D eigenvalue weighted by Crippen LogP contribution is -2.44. The average Bonchev–Trinajstić information content (AvgIpc) is 3.17. The van der Waals surface area contributed by atoms with Crippen molar-refractivity contribution in [2.75, 3.05) is 11.4 Å². The molecule has 1 saturated carbocycles. The number of benzene rings is 2. The maximum atomic E-state index is 13.0. The topological polar surface area (TPSA) is 102 Å². The minimum atomic E-state index is -3.72. The van der Waals surface area contributed by atoms with E-state index in [0.29, 0.717) is 17.1 Å². The Morgan fingerprint density at radius 2 is 1.82 bits per heavy atom. The lowest BCUT2D eigenvalue weighted by atomic mass is 9.77. The number of hydrogen-bond acceptors (Lipinski definition) is 6. The molecule has 0 atom stereocenters. The van der Waals surface area contributed by atoms with Crippen LogP contribution < -0.4 is 10.0 Å². The smallest absolute Gasteiger partial charge is 0.264 e. The van der Waals surface area contributed by atoms with Crippen LogP contribution in [0.25, 0.3) is 11.5 Å². The highest BCUT2D eigenvalue weighted by Gasteiger charge is 2.39. The monoisotopic (exact) mass is 420 g/mol. The van der Waals surface area contributed by atoms with Crippen LogP contribution in [0.2, 0.25) is 0 Å². The number of sulfonamides is 1. The predicted octanol–water partition coefficient (Wildman–Crippen LogP) is 3.32. The molecular formula is C19H21ClN4O3S. The highest BCUT2D eigenvalue weighted by Crippen LogP contribution is 2.37. The van der Waals surface area contributed by atoms with Crippen LogP contribution in [0, 0.1) is 0 Å². The number of nitrogens with two attached hydrogens (primary N) is 1. The quantitative estimate of drug-likeness (QED) is 0.679. The SMILES string of the molecule is CN(c1ccccc1)S(=O)(=O)c1cccc(-c2nc(C3(N)CCC3)no2)c1.Cl. The molecule has 4 rings (SSSR count). The molecular weight excluding hydrogens is 400 g/mol. The summed E-state index contributed by atoms with van der Waals surface area (Å²) in [5.74, 6) is 0.736. The first-order chi connectivity index (χ1) is 12.9. The van der Waals surface area contributed by atoms with Gasteiger partial charge in [0.05, 0.1) is 16.1 Å². The van der Waals surface area contributed by atoms with Gasteiger partial charge in [0.1, 0.15) is 0 Å². The van der Waals surface area contributed by atoms with Crippen molar-refractivity contribution in [2.45, 2.75) is 29.7 Å². The second kappa shape index (κ2) is 7.54. The van der Waals surface area contributed by atoms with Crippen molar-refractivity contribution in [3.63, 3.8) is 0 Å². The van der Waals surface area contributed by atoms with Crippen LogP contribution in [0.4, 0.5) is 5.69 Å². The largest absolute Gasteiger partial charge is 0.334 e. The first-order valence-corrected chi connectivity index (χ1v) is 10.1. The maximum Gasteiger partial charge on any atom is 0.264 e. The van der Waals surface area contributed by atoms with Crippen molar-refractivity contribution in [2.24, 2.45) is 5.73 Å². The molecule has 0 amide bonds. The third-order valence-electron chi connectivity index (χ3n) is 4.98. The predicted molar refractivity (Wildman–Crippen MR) is 109 cm³/mol. The number of para-hydroxylation sites is 1. The molecule has 0 bridgehead atoms. The summed E-state index contributed by atoms with van der Waals surface area (Å²) in [6.07, 6.45) is 2.68. The molecule has 2 N–H and O–H groups in total. The van der Waals surface area contributed by atoms with E-state index in [4.69, 9.17) is 10.3 Å². The van der Waals surface area contributed by atoms with Gasteiger partial charge in [0, 0.05) is 12.6 Å². The van der Waals surface area contributed by atoms with E-state index in [1.807, 2.05) is 6.07 Å². The van der Waals surface area contributed by atoms with Gasteiger partial charge in [0.15, 0.2) is 5.82 Å². The molecule has 3 aromatic rings. The van der Waals surface area contributed by atoms with Crippen molar-refractivity contribution in [1.29, 1.82) is 0 Å². The second-order valence-corrected chi connectivity index (χ2v) is 8.74. The molecule has 0 radical (unpaired) electrons. The summed E-state index contributed by atoms with van der Waals surface area (Å²) in [7, 11) is -2.19. The molecule has 2 aromatic carbocycles. The Kier molecular flexibility index (Phi) is 5.47. The molecule has 0 saturated heterocycles. The molecule has 0 aliphatic heterocycles. The average molecular weight is 421 g/mol. The maximum absolute atomic E-state index is 13.0. The van der Waals surface area contributed by atoms with Gasteiger partial charge in [-0.1, -0.05) is 29.4 Å². The minimum Gasteiger partial charge on any atom is -0.334 e. The van der Waals surface area contributed by atoms with Crippen molar-refractivity contribution >= 4 is 28.1 Å². The molecule has 0 unspecified atom stereocenters. The third-order valence-corrected chi connectivity index (χ3v) is 6.76. The molecule has 7 nitrogen and oxygen atoms in total. The van der Waals surface area contributed by atoms with Crippen LogP contribution in [0.1, 0.15) is 25.1 Å². The zero-order valence-corrected chi connectivity index (χ0v) is 16.9. The van der Waals surface area contributed by atoms with E-state index in [1.165, 1.54) is 17.4 Å². The highest BCUT2D eigenvalue weighted by atomic mass is 35.5. The van der Waals surface area contributed by atoms with E-state index >= 15 is 0 Å². The second-order valence-electron chi connectivity index (χ2n) is 6.77. The molecule has 1 aliphatic rings. The number of nitrogens with zero attached hydrogens (tertiary/aromatic N) is 3. The van der Waals surface area contributed by atoms with Gasteiger partial charge in [-0.2, -0.15) is 4.98 Å². The van der Waals surface area contributed by atoms with Gasteiger partial charge < -0.3 is 10.3 Å². The third kappa shape index (κ3) is 3.50. The van der Waals surface area contributed by atoms with Crippen molar-refractivity contribution < 1.29 is 12.9 Å². The zero-order valence-electron chi connectivity index (χ0n) is 15.3. The summed E-state index contributed by atoms with van der Waals surface area (Å²) in [6.45, 7) is 0. The van der Waals surface area contributed by atoms with Crippen LogP contribution in [0.5, 0.6) is 0 Å². The molecule has 1 aromatic heterocycles. The Morgan fingerprint density at radius 3 is 2.46 bits per heavy atom. The van der Waals surface area contributed by atoms with Crippen molar-refractivity contribution in [1.82, 2.24) is 10.1 Å². The van der Waals surface area contributed by atoms with Crippen LogP contribution in [-0.2, 0) is 15.6 Å². The molecule has 1 heterocycles. The number of anilines is 1. The lowest BCUT2D eigenvalue weighted by molar-refractivity contribution is 0.229. The Labute approximate surface area is 170 Å². The summed E-state index contributed by atoms with van der Waals surface area (Å²) in [5, 5.41) is 3.99. The van der Waals surface area contributed by atoms with Gasteiger partial charge >= 0.3 is 0 Å². The molecule has 28 heavy (non-hydrogen) atoms. The summed E-state index contributed by atoms with van der Waals surface area (Å²) in [6, 6.07) is 15.4. The Bertz CT molecular complexity index is 1070. The van der Waals surface area contributed by atoms with E-state index in [0.717, 1.165) is 19.3 Å². The summed E-state index contributed by atoms with van der Waals surface area (Å²) in [4.78, 5) is 4.54. The van der Waals surface area contributed by atoms with Crippen LogP contribution in [-0.4, -0.2) is 25.6 Å². The fourth-order valence-corrected chi connectivity index (χ4v) is 4.29. The van der Waals surface area contributed by atoms with Gasteiger partial charge in [-0.3, -0.25) is 4.31 Å². The summed E-state index contributed by atoms with van der Waals surface area (Å²) < 4.78 is 32.5. The molecule has 1 fully saturated rings. The summed E-state index contributed by atoms with van der Waals surface area (Å²) >= 11 is 0. The van der Waals surface area contributed by atoms with Gasteiger partial charge in [-0.15, -0.1) is 12.4 Å². The Hall–Kier alpha value is -2.42. The Balaban J connectivity index is 0.00000225. The van der Waals surface area contributed by atoms with Gasteiger partial charge in [-0.25, -0.2) is 8.42 Å². The van der Waals surface area contributed by atoms with Crippen LogP contribution in [0.15, 0.2) is 64.0 Å². The van der Waals surface area contributed by atoms with E-state index in [2.05, 4.69) is 10.1 Å².